The third-order valence-electron chi connectivity index (χ3n) is 7.17. The molecule has 7 rings (SSSR count). The van der Waals surface area contributed by atoms with Crippen molar-refractivity contribution >= 4 is 22.5 Å². The van der Waals surface area contributed by atoms with Gasteiger partial charge in [-0.3, -0.25) is 10.1 Å². The number of nitro benzene ring substituents is 1. The molecule has 4 saturated carbocycles. The highest BCUT2D eigenvalue weighted by atomic mass is 16.6. The van der Waals surface area contributed by atoms with E-state index >= 15 is 0 Å². The highest BCUT2D eigenvalue weighted by molar-refractivity contribution is 5.78. The molecule has 1 N–H and O–H groups in total. The molecule has 4 aliphatic rings. The highest BCUT2D eigenvalue weighted by Gasteiger charge is 2.51. The van der Waals surface area contributed by atoms with E-state index in [2.05, 4.69) is 10.3 Å². The number of nitrogens with one attached hydrogen (secondary N) is 1. The first-order valence-electron chi connectivity index (χ1n) is 10.5. The summed E-state index contributed by atoms with van der Waals surface area (Å²) in [6.45, 7) is 0. The third kappa shape index (κ3) is 2.81. The normalized spacial score (nSPS) is 30.0. The van der Waals surface area contributed by atoms with Crippen LogP contribution >= 0.6 is 0 Å². The van der Waals surface area contributed by atoms with E-state index < -0.39 is 0 Å². The lowest BCUT2D eigenvalue weighted by Gasteiger charge is -2.57. The van der Waals surface area contributed by atoms with Gasteiger partial charge in [-0.25, -0.2) is 4.98 Å². The summed E-state index contributed by atoms with van der Waals surface area (Å²) >= 11 is 0. The quantitative estimate of drug-likeness (QED) is 0.451. The summed E-state index contributed by atoms with van der Waals surface area (Å²) < 4.78 is 5.81. The fourth-order valence-corrected chi connectivity index (χ4v) is 6.47. The number of nitro groups is 1. The van der Waals surface area contributed by atoms with Crippen LogP contribution in [0.25, 0.3) is 22.6 Å². The van der Waals surface area contributed by atoms with Gasteiger partial charge in [-0.05, 0) is 80.5 Å². The van der Waals surface area contributed by atoms with E-state index in [1.54, 1.807) is 6.07 Å². The van der Waals surface area contributed by atoms with Crippen LogP contribution < -0.4 is 5.32 Å². The molecular formula is C23H23N3O3. The zero-order chi connectivity index (χ0) is 19.6. The molecule has 1 aromatic heterocycles. The summed E-state index contributed by atoms with van der Waals surface area (Å²) in [6, 6.07) is 12.8. The predicted octanol–water partition coefficient (Wildman–Crippen LogP) is 5.78. The fraction of sp³-hybridized carbons (Fsp3) is 0.435. The Morgan fingerprint density at radius 2 is 1.72 bits per heavy atom. The molecule has 0 aliphatic heterocycles. The van der Waals surface area contributed by atoms with Gasteiger partial charge in [0.05, 0.1) is 4.92 Å². The van der Waals surface area contributed by atoms with Crippen molar-refractivity contribution in [3.63, 3.8) is 0 Å². The number of anilines is 1. The van der Waals surface area contributed by atoms with Crippen LogP contribution in [-0.2, 0) is 0 Å². The Hall–Kier alpha value is -2.89. The number of para-hydroxylation sites is 2. The standard InChI is InChI=1S/C23H23N3O3/c27-26(28)20-10-17(22-24-19-3-1-2-4-21(19)29-22)5-6-18(20)25-23-11-14-7-15(12-23)9-16(8-14)13-23/h1-6,10,14-16,25H,7-9,11-13H2. The van der Waals surface area contributed by atoms with Crippen LogP contribution in [0, 0.1) is 27.9 Å². The molecule has 29 heavy (non-hydrogen) atoms. The van der Waals surface area contributed by atoms with Gasteiger partial charge in [0.1, 0.15) is 11.2 Å². The number of fused-ring (bicyclic) bond motifs is 1. The molecule has 1 heterocycles. The lowest BCUT2D eigenvalue weighted by molar-refractivity contribution is -0.384. The topological polar surface area (TPSA) is 81.2 Å². The zero-order valence-corrected chi connectivity index (χ0v) is 16.1. The second-order valence-corrected chi connectivity index (χ2v) is 9.30. The summed E-state index contributed by atoms with van der Waals surface area (Å²) in [5, 5.41) is 15.5. The minimum Gasteiger partial charge on any atom is -0.436 e. The maximum absolute atomic E-state index is 11.9. The van der Waals surface area contributed by atoms with Crippen molar-refractivity contribution < 1.29 is 9.34 Å². The van der Waals surface area contributed by atoms with E-state index in [9.17, 15) is 10.1 Å². The minimum absolute atomic E-state index is 0.0264. The third-order valence-corrected chi connectivity index (χ3v) is 7.17. The van der Waals surface area contributed by atoms with Crippen molar-refractivity contribution in [3.8, 4) is 11.5 Å². The van der Waals surface area contributed by atoms with Crippen LogP contribution in [-0.4, -0.2) is 15.4 Å². The first-order chi connectivity index (χ1) is 14.1. The molecule has 4 aliphatic carbocycles. The molecule has 148 valence electrons. The lowest BCUT2D eigenvalue weighted by Crippen LogP contribution is -2.54. The predicted molar refractivity (Wildman–Crippen MR) is 111 cm³/mol. The van der Waals surface area contributed by atoms with Crippen LogP contribution in [0.15, 0.2) is 46.9 Å². The van der Waals surface area contributed by atoms with E-state index in [0.717, 1.165) is 42.5 Å². The molecule has 0 saturated heterocycles. The van der Waals surface area contributed by atoms with Crippen LogP contribution in [0.4, 0.5) is 11.4 Å². The second-order valence-electron chi connectivity index (χ2n) is 9.30. The number of hydrogen-bond acceptors (Lipinski definition) is 5. The maximum atomic E-state index is 11.9. The van der Waals surface area contributed by atoms with E-state index in [-0.39, 0.29) is 16.1 Å². The molecule has 0 radical (unpaired) electrons. The Labute approximate surface area is 168 Å². The number of oxazole rings is 1. The van der Waals surface area contributed by atoms with Gasteiger partial charge in [0.15, 0.2) is 5.58 Å². The highest BCUT2D eigenvalue weighted by Crippen LogP contribution is 2.57. The molecule has 0 spiro atoms. The molecule has 3 aromatic rings. The molecule has 0 unspecified atom stereocenters. The van der Waals surface area contributed by atoms with Gasteiger partial charge in [0.2, 0.25) is 5.89 Å². The maximum Gasteiger partial charge on any atom is 0.293 e. The zero-order valence-electron chi connectivity index (χ0n) is 16.1. The largest absolute Gasteiger partial charge is 0.436 e. The van der Waals surface area contributed by atoms with Crippen molar-refractivity contribution in [2.45, 2.75) is 44.1 Å². The van der Waals surface area contributed by atoms with Crippen molar-refractivity contribution in [3.05, 3.63) is 52.6 Å². The van der Waals surface area contributed by atoms with Crippen molar-refractivity contribution in [2.24, 2.45) is 17.8 Å². The number of benzene rings is 2. The minimum atomic E-state index is -0.297. The van der Waals surface area contributed by atoms with E-state index in [0.29, 0.717) is 22.7 Å². The molecular weight excluding hydrogens is 366 g/mol. The number of hydrogen-bond donors (Lipinski definition) is 1. The van der Waals surface area contributed by atoms with E-state index in [1.807, 2.05) is 36.4 Å². The SMILES string of the molecule is O=[N+]([O-])c1cc(-c2nc3ccccc3o2)ccc1NC12CC3CC(CC(C3)C1)C2. The smallest absolute Gasteiger partial charge is 0.293 e. The molecule has 2 aromatic carbocycles. The summed E-state index contributed by atoms with van der Waals surface area (Å²) in [4.78, 5) is 16.1. The first-order valence-corrected chi connectivity index (χ1v) is 10.5. The molecule has 0 atom stereocenters. The van der Waals surface area contributed by atoms with Crippen molar-refractivity contribution in [2.75, 3.05) is 5.32 Å². The lowest BCUT2D eigenvalue weighted by atomic mass is 9.53. The van der Waals surface area contributed by atoms with Gasteiger partial charge in [-0.15, -0.1) is 0 Å². The molecule has 4 bridgehead atoms. The molecule has 6 heteroatoms. The molecule has 6 nitrogen and oxygen atoms in total. The Morgan fingerprint density at radius 3 is 2.38 bits per heavy atom. The first kappa shape index (κ1) is 17.0. The summed E-state index contributed by atoms with van der Waals surface area (Å²) in [6.07, 6.45) is 7.47. The van der Waals surface area contributed by atoms with E-state index in [1.165, 1.54) is 19.3 Å². The Balaban J connectivity index is 1.36. The number of rotatable bonds is 4. The summed E-state index contributed by atoms with van der Waals surface area (Å²) in [5.74, 6) is 2.76. The Bertz CT molecular complexity index is 1050. The summed E-state index contributed by atoms with van der Waals surface area (Å²) in [5.41, 5.74) is 2.81. The average molecular weight is 389 g/mol. The van der Waals surface area contributed by atoms with Gasteiger partial charge in [-0.1, -0.05) is 12.1 Å². The molecule has 0 amide bonds. The fourth-order valence-electron chi connectivity index (χ4n) is 6.47. The van der Waals surface area contributed by atoms with Crippen LogP contribution in [0.2, 0.25) is 0 Å². The molecule has 4 fully saturated rings. The van der Waals surface area contributed by atoms with Crippen molar-refractivity contribution in [1.29, 1.82) is 0 Å². The van der Waals surface area contributed by atoms with Gasteiger partial charge < -0.3 is 9.73 Å². The van der Waals surface area contributed by atoms with Crippen LogP contribution in [0.1, 0.15) is 38.5 Å². The average Bonchev–Trinajstić information content (AvgIpc) is 3.11. The van der Waals surface area contributed by atoms with Crippen LogP contribution in [0.3, 0.4) is 0 Å². The van der Waals surface area contributed by atoms with Gasteiger partial charge >= 0.3 is 0 Å². The number of aromatic nitrogens is 1. The second kappa shape index (κ2) is 6.05. The number of nitrogens with zero attached hydrogens (tertiary/aromatic N) is 2. The van der Waals surface area contributed by atoms with Gasteiger partial charge in [0, 0.05) is 17.2 Å². The van der Waals surface area contributed by atoms with E-state index in [4.69, 9.17) is 4.42 Å². The monoisotopic (exact) mass is 389 g/mol. The summed E-state index contributed by atoms with van der Waals surface area (Å²) in [7, 11) is 0. The van der Waals surface area contributed by atoms with Gasteiger partial charge in [0.25, 0.3) is 5.69 Å². The Kier molecular flexibility index (Phi) is 3.55. The van der Waals surface area contributed by atoms with Crippen LogP contribution in [0.5, 0.6) is 0 Å². The van der Waals surface area contributed by atoms with Gasteiger partial charge in [-0.2, -0.15) is 0 Å². The van der Waals surface area contributed by atoms with Crippen molar-refractivity contribution in [1.82, 2.24) is 4.98 Å². The Morgan fingerprint density at radius 1 is 1.03 bits per heavy atom.